The molecule has 1 heterocycles. The van der Waals surface area contributed by atoms with Crippen molar-refractivity contribution in [3.05, 3.63) is 33.9 Å². The van der Waals surface area contributed by atoms with Crippen molar-refractivity contribution in [2.24, 2.45) is 11.1 Å². The van der Waals surface area contributed by atoms with Crippen LogP contribution in [-0.4, -0.2) is 41.9 Å². The number of carbonyl (C=O) groups is 1. The number of anilines is 1. The van der Waals surface area contributed by atoms with E-state index in [9.17, 15) is 14.9 Å². The van der Waals surface area contributed by atoms with Crippen LogP contribution in [0.2, 0.25) is 0 Å². The molecule has 3 N–H and O–H groups in total. The first-order chi connectivity index (χ1) is 10.3. The average molecular weight is 306 g/mol. The van der Waals surface area contributed by atoms with Gasteiger partial charge in [0, 0.05) is 18.7 Å². The van der Waals surface area contributed by atoms with Gasteiger partial charge >= 0.3 is 0 Å². The summed E-state index contributed by atoms with van der Waals surface area (Å²) in [6.07, 6.45) is 0.979. The van der Waals surface area contributed by atoms with Crippen LogP contribution >= 0.6 is 0 Å². The lowest BCUT2D eigenvalue weighted by Crippen LogP contribution is -2.35. The van der Waals surface area contributed by atoms with Crippen LogP contribution < -0.4 is 11.1 Å². The Bertz CT molecular complexity index is 590. The highest BCUT2D eigenvalue weighted by molar-refractivity contribution is 5.93. The Labute approximate surface area is 129 Å². The number of nitro groups is 1. The van der Waals surface area contributed by atoms with E-state index in [2.05, 4.69) is 17.1 Å². The summed E-state index contributed by atoms with van der Waals surface area (Å²) in [6, 6.07) is 4.45. The van der Waals surface area contributed by atoms with Gasteiger partial charge in [-0.2, -0.15) is 0 Å². The highest BCUT2D eigenvalue weighted by atomic mass is 16.6. The fourth-order valence-corrected chi connectivity index (χ4v) is 2.68. The van der Waals surface area contributed by atoms with Gasteiger partial charge in [0.25, 0.3) is 5.69 Å². The number of aryl methyl sites for hydroxylation is 1. The molecule has 0 bridgehead atoms. The SMILES string of the molecule is Cc1ccc([N+](=O)[O-])cc1NC(=O)CN1CCC(C)(CN)C1. The fourth-order valence-electron chi connectivity index (χ4n) is 2.68. The summed E-state index contributed by atoms with van der Waals surface area (Å²) < 4.78 is 0. The molecule has 1 atom stereocenters. The lowest BCUT2D eigenvalue weighted by molar-refractivity contribution is -0.384. The van der Waals surface area contributed by atoms with Crippen molar-refractivity contribution in [2.75, 3.05) is 31.5 Å². The molecular weight excluding hydrogens is 284 g/mol. The van der Waals surface area contributed by atoms with E-state index in [-0.39, 0.29) is 23.6 Å². The Kier molecular flexibility index (Phi) is 4.77. The largest absolute Gasteiger partial charge is 0.330 e. The molecule has 1 amide bonds. The van der Waals surface area contributed by atoms with Crippen LogP contribution in [0.5, 0.6) is 0 Å². The third kappa shape index (κ3) is 3.80. The first-order valence-corrected chi connectivity index (χ1v) is 7.30. The molecule has 120 valence electrons. The van der Waals surface area contributed by atoms with Crippen molar-refractivity contribution in [3.63, 3.8) is 0 Å². The number of likely N-dealkylation sites (tertiary alicyclic amines) is 1. The standard InChI is InChI=1S/C15H22N4O3/c1-11-3-4-12(19(21)22)7-13(11)17-14(20)8-18-6-5-15(2,9-16)10-18/h3-4,7H,5-6,8-10,16H2,1-2H3,(H,17,20). The van der Waals surface area contributed by atoms with Gasteiger partial charge in [-0.3, -0.25) is 19.8 Å². The maximum absolute atomic E-state index is 12.1. The second-order valence-electron chi connectivity index (χ2n) is 6.28. The average Bonchev–Trinajstić information content (AvgIpc) is 2.83. The third-order valence-corrected chi connectivity index (χ3v) is 4.20. The molecule has 0 aliphatic carbocycles. The molecule has 0 radical (unpaired) electrons. The number of rotatable bonds is 5. The van der Waals surface area contributed by atoms with Crippen molar-refractivity contribution in [1.82, 2.24) is 4.90 Å². The Balaban J connectivity index is 1.98. The van der Waals surface area contributed by atoms with Gasteiger partial charge in [-0.05, 0) is 37.4 Å². The maximum atomic E-state index is 12.1. The van der Waals surface area contributed by atoms with Crippen LogP contribution in [0.15, 0.2) is 18.2 Å². The first kappa shape index (κ1) is 16.4. The van der Waals surface area contributed by atoms with E-state index in [4.69, 9.17) is 5.73 Å². The van der Waals surface area contributed by atoms with Gasteiger partial charge < -0.3 is 11.1 Å². The number of carbonyl (C=O) groups excluding carboxylic acids is 1. The van der Waals surface area contributed by atoms with Gasteiger partial charge in [0.2, 0.25) is 5.91 Å². The molecule has 0 saturated carbocycles. The van der Waals surface area contributed by atoms with Crippen LogP contribution in [0.3, 0.4) is 0 Å². The molecule has 1 saturated heterocycles. The van der Waals surface area contributed by atoms with Crippen LogP contribution in [0, 0.1) is 22.5 Å². The van der Waals surface area contributed by atoms with Crippen molar-refractivity contribution >= 4 is 17.3 Å². The van der Waals surface area contributed by atoms with Gasteiger partial charge in [0.1, 0.15) is 0 Å². The van der Waals surface area contributed by atoms with Crippen LogP contribution in [0.25, 0.3) is 0 Å². The second kappa shape index (κ2) is 6.41. The Morgan fingerprint density at radius 2 is 2.27 bits per heavy atom. The van der Waals surface area contributed by atoms with E-state index >= 15 is 0 Å². The van der Waals surface area contributed by atoms with E-state index in [1.165, 1.54) is 12.1 Å². The van der Waals surface area contributed by atoms with Crippen molar-refractivity contribution < 1.29 is 9.72 Å². The summed E-state index contributed by atoms with van der Waals surface area (Å²) in [5, 5.41) is 13.6. The summed E-state index contributed by atoms with van der Waals surface area (Å²) >= 11 is 0. The van der Waals surface area contributed by atoms with E-state index in [0.717, 1.165) is 25.1 Å². The van der Waals surface area contributed by atoms with E-state index in [1.54, 1.807) is 13.0 Å². The number of nitrogens with one attached hydrogen (secondary N) is 1. The van der Waals surface area contributed by atoms with Crippen molar-refractivity contribution in [3.8, 4) is 0 Å². The minimum Gasteiger partial charge on any atom is -0.330 e. The number of nitrogens with zero attached hydrogens (tertiary/aromatic N) is 2. The summed E-state index contributed by atoms with van der Waals surface area (Å²) in [4.78, 5) is 24.5. The number of non-ortho nitro benzene ring substituents is 1. The lowest BCUT2D eigenvalue weighted by Gasteiger charge is -2.22. The Morgan fingerprint density at radius 3 is 2.86 bits per heavy atom. The molecule has 1 aromatic rings. The molecule has 22 heavy (non-hydrogen) atoms. The molecule has 1 unspecified atom stereocenters. The van der Waals surface area contributed by atoms with Gasteiger partial charge in [0.05, 0.1) is 17.2 Å². The van der Waals surface area contributed by atoms with Gasteiger partial charge in [-0.25, -0.2) is 0 Å². The first-order valence-electron chi connectivity index (χ1n) is 7.30. The molecular formula is C15H22N4O3. The highest BCUT2D eigenvalue weighted by Gasteiger charge is 2.33. The number of hydrogen-bond acceptors (Lipinski definition) is 5. The molecule has 1 aliphatic heterocycles. The quantitative estimate of drug-likeness (QED) is 0.634. The lowest BCUT2D eigenvalue weighted by atomic mass is 9.90. The zero-order valence-electron chi connectivity index (χ0n) is 13.0. The molecule has 1 aliphatic rings. The van der Waals surface area contributed by atoms with E-state index < -0.39 is 4.92 Å². The van der Waals surface area contributed by atoms with Gasteiger partial charge in [0.15, 0.2) is 0 Å². The number of nitro benzene ring substituents is 1. The number of benzene rings is 1. The Hall–Kier alpha value is -1.99. The smallest absolute Gasteiger partial charge is 0.271 e. The minimum atomic E-state index is -0.470. The fraction of sp³-hybridized carbons (Fsp3) is 0.533. The van der Waals surface area contributed by atoms with Crippen LogP contribution in [-0.2, 0) is 4.79 Å². The monoisotopic (exact) mass is 306 g/mol. The molecule has 7 heteroatoms. The molecule has 7 nitrogen and oxygen atoms in total. The topological polar surface area (TPSA) is 102 Å². The molecule has 1 fully saturated rings. The summed E-state index contributed by atoms with van der Waals surface area (Å²) in [5.41, 5.74) is 7.08. The maximum Gasteiger partial charge on any atom is 0.271 e. The van der Waals surface area contributed by atoms with E-state index in [1.807, 2.05) is 0 Å². The Morgan fingerprint density at radius 1 is 1.55 bits per heavy atom. The molecule has 0 aromatic heterocycles. The summed E-state index contributed by atoms with van der Waals surface area (Å²) in [6.45, 7) is 6.45. The molecule has 1 aromatic carbocycles. The second-order valence-corrected chi connectivity index (χ2v) is 6.28. The van der Waals surface area contributed by atoms with Crippen molar-refractivity contribution in [1.29, 1.82) is 0 Å². The van der Waals surface area contributed by atoms with Crippen molar-refractivity contribution in [2.45, 2.75) is 20.3 Å². The zero-order chi connectivity index (χ0) is 16.3. The van der Waals surface area contributed by atoms with Crippen LogP contribution in [0.4, 0.5) is 11.4 Å². The normalized spacial score (nSPS) is 21.8. The zero-order valence-corrected chi connectivity index (χ0v) is 13.0. The summed E-state index contributed by atoms with van der Waals surface area (Å²) in [7, 11) is 0. The molecule has 2 rings (SSSR count). The molecule has 0 spiro atoms. The predicted octanol–water partition coefficient (Wildman–Crippen LogP) is 1.51. The predicted molar refractivity (Wildman–Crippen MR) is 84.7 cm³/mol. The summed E-state index contributed by atoms with van der Waals surface area (Å²) in [5.74, 6) is -0.162. The number of nitrogens with two attached hydrogens (primary N) is 1. The van der Waals surface area contributed by atoms with Crippen LogP contribution in [0.1, 0.15) is 18.9 Å². The third-order valence-electron chi connectivity index (χ3n) is 4.20. The van der Waals surface area contributed by atoms with E-state index in [0.29, 0.717) is 12.2 Å². The highest BCUT2D eigenvalue weighted by Crippen LogP contribution is 2.28. The number of amides is 1. The van der Waals surface area contributed by atoms with Gasteiger partial charge in [-0.1, -0.05) is 13.0 Å². The number of hydrogen-bond donors (Lipinski definition) is 2. The van der Waals surface area contributed by atoms with Gasteiger partial charge in [-0.15, -0.1) is 0 Å². The minimum absolute atomic E-state index is 0.0298.